The van der Waals surface area contributed by atoms with Gasteiger partial charge in [0.15, 0.2) is 0 Å². The minimum atomic E-state index is 0.303. The van der Waals surface area contributed by atoms with Gasteiger partial charge in [0.2, 0.25) is 0 Å². The molecule has 0 saturated heterocycles. The van der Waals surface area contributed by atoms with Crippen molar-refractivity contribution in [1.29, 1.82) is 5.41 Å². The smallest absolute Gasteiger partial charge is 0.0907 e. The van der Waals surface area contributed by atoms with Gasteiger partial charge in [0.1, 0.15) is 0 Å². The topological polar surface area (TPSA) is 49.9 Å². The summed E-state index contributed by atoms with van der Waals surface area (Å²) in [4.78, 5) is 0. The molecule has 0 fully saturated rings. The van der Waals surface area contributed by atoms with Gasteiger partial charge in [-0.1, -0.05) is 20.3 Å². The van der Waals surface area contributed by atoms with Crippen molar-refractivity contribution in [2.45, 2.75) is 33.1 Å². The van der Waals surface area contributed by atoms with E-state index in [-0.39, 0.29) is 0 Å². The molecule has 1 radical (unpaired) electrons. The number of hydrogen-bond donors (Lipinski definition) is 2. The second kappa shape index (κ2) is 5.27. The highest BCUT2D eigenvalue weighted by atomic mass is 14.7. The average molecular weight is 141 g/mol. The fourth-order valence-electron chi connectivity index (χ4n) is 0.910. The number of rotatable bonds is 5. The van der Waals surface area contributed by atoms with E-state index in [1.807, 2.05) is 0 Å². The minimum absolute atomic E-state index is 0.303. The van der Waals surface area contributed by atoms with Crippen molar-refractivity contribution in [3.8, 4) is 0 Å². The third-order valence-electron chi connectivity index (χ3n) is 1.43. The molecule has 3 N–H and O–H groups in total. The standard InChI is InChI=1S/C8H17N2/c1-3-4-5-7(2)6-8(9)10/h4,7H,3,5-6H2,1-2H3,(H3,9,10). The highest BCUT2D eigenvalue weighted by molar-refractivity contribution is 5.76. The van der Waals surface area contributed by atoms with Crippen LogP contribution < -0.4 is 5.73 Å². The first-order chi connectivity index (χ1) is 4.66. The predicted molar refractivity (Wildman–Crippen MR) is 44.9 cm³/mol. The van der Waals surface area contributed by atoms with E-state index in [2.05, 4.69) is 20.3 Å². The molecule has 1 unspecified atom stereocenters. The zero-order valence-corrected chi connectivity index (χ0v) is 6.85. The molecule has 0 saturated carbocycles. The number of amidine groups is 1. The Kier molecular flexibility index (Phi) is 4.99. The van der Waals surface area contributed by atoms with Crippen LogP contribution in [0.3, 0.4) is 0 Å². The molecule has 0 aliphatic heterocycles. The quantitative estimate of drug-likeness (QED) is 0.446. The van der Waals surface area contributed by atoms with Crippen molar-refractivity contribution in [2.75, 3.05) is 0 Å². The van der Waals surface area contributed by atoms with E-state index < -0.39 is 0 Å². The van der Waals surface area contributed by atoms with Gasteiger partial charge in [-0.3, -0.25) is 5.41 Å². The number of nitrogens with one attached hydrogen (secondary N) is 1. The monoisotopic (exact) mass is 141 g/mol. The Morgan fingerprint density at radius 3 is 2.70 bits per heavy atom. The van der Waals surface area contributed by atoms with Gasteiger partial charge < -0.3 is 5.73 Å². The number of nitrogens with two attached hydrogens (primary N) is 1. The van der Waals surface area contributed by atoms with Crippen LogP contribution >= 0.6 is 0 Å². The minimum Gasteiger partial charge on any atom is -0.388 e. The summed E-state index contributed by atoms with van der Waals surface area (Å²) in [6, 6.07) is 0. The second-order valence-electron chi connectivity index (χ2n) is 2.77. The van der Waals surface area contributed by atoms with Gasteiger partial charge in [0, 0.05) is 6.42 Å². The van der Waals surface area contributed by atoms with Gasteiger partial charge in [-0.2, -0.15) is 0 Å². The number of unbranched alkanes of at least 4 members (excludes halogenated alkanes) is 1. The molecule has 59 valence electrons. The lowest BCUT2D eigenvalue weighted by Gasteiger charge is -2.07. The molecule has 10 heavy (non-hydrogen) atoms. The Bertz CT molecular complexity index is 99.4. The van der Waals surface area contributed by atoms with E-state index >= 15 is 0 Å². The molecule has 0 rings (SSSR count). The second-order valence-corrected chi connectivity index (χ2v) is 2.77. The van der Waals surface area contributed by atoms with Crippen LogP contribution in [0.15, 0.2) is 0 Å². The average Bonchev–Trinajstić information content (AvgIpc) is 1.82. The van der Waals surface area contributed by atoms with Crippen molar-refractivity contribution in [1.82, 2.24) is 0 Å². The van der Waals surface area contributed by atoms with E-state index in [9.17, 15) is 0 Å². The molecule has 0 aliphatic carbocycles. The lowest BCUT2D eigenvalue weighted by atomic mass is 10.0. The van der Waals surface area contributed by atoms with Gasteiger partial charge in [-0.15, -0.1) is 0 Å². The molecule has 0 aromatic heterocycles. The summed E-state index contributed by atoms with van der Waals surface area (Å²) in [6.45, 7) is 4.24. The zero-order valence-electron chi connectivity index (χ0n) is 6.85. The molecule has 2 heteroatoms. The fourth-order valence-corrected chi connectivity index (χ4v) is 0.910. The van der Waals surface area contributed by atoms with Crippen molar-refractivity contribution < 1.29 is 0 Å². The fraction of sp³-hybridized carbons (Fsp3) is 0.750. The lowest BCUT2D eigenvalue weighted by molar-refractivity contribution is 0.585. The normalized spacial score (nSPS) is 13.0. The molecule has 2 nitrogen and oxygen atoms in total. The summed E-state index contributed by atoms with van der Waals surface area (Å²) in [5, 5.41) is 7.02. The molecule has 1 atom stereocenters. The van der Waals surface area contributed by atoms with Crippen molar-refractivity contribution in [2.24, 2.45) is 11.7 Å². The Morgan fingerprint density at radius 2 is 2.30 bits per heavy atom. The Morgan fingerprint density at radius 1 is 1.70 bits per heavy atom. The van der Waals surface area contributed by atoms with Crippen LogP contribution in [0.2, 0.25) is 0 Å². The third-order valence-corrected chi connectivity index (χ3v) is 1.43. The van der Waals surface area contributed by atoms with Crippen LogP contribution in [-0.4, -0.2) is 5.84 Å². The van der Waals surface area contributed by atoms with Crippen molar-refractivity contribution in [3.05, 3.63) is 6.42 Å². The van der Waals surface area contributed by atoms with E-state index in [0.29, 0.717) is 11.8 Å². The van der Waals surface area contributed by atoms with Crippen LogP contribution in [0.1, 0.15) is 33.1 Å². The zero-order chi connectivity index (χ0) is 7.98. The van der Waals surface area contributed by atoms with Crippen molar-refractivity contribution in [3.63, 3.8) is 0 Å². The van der Waals surface area contributed by atoms with E-state index in [1.165, 1.54) is 0 Å². The van der Waals surface area contributed by atoms with E-state index in [1.54, 1.807) is 0 Å². The summed E-state index contributed by atoms with van der Waals surface area (Å²) >= 11 is 0. The molecule has 0 aromatic carbocycles. The molecule has 0 heterocycles. The van der Waals surface area contributed by atoms with Gasteiger partial charge in [0.25, 0.3) is 0 Å². The predicted octanol–water partition coefficient (Wildman–Crippen LogP) is 1.95. The third kappa shape index (κ3) is 5.60. The van der Waals surface area contributed by atoms with E-state index in [0.717, 1.165) is 19.3 Å². The lowest BCUT2D eigenvalue weighted by Crippen LogP contribution is -2.13. The van der Waals surface area contributed by atoms with Crippen LogP contribution in [0.5, 0.6) is 0 Å². The van der Waals surface area contributed by atoms with Gasteiger partial charge in [-0.05, 0) is 18.8 Å². The maximum atomic E-state index is 7.02. The largest absolute Gasteiger partial charge is 0.388 e. The Hall–Kier alpha value is -0.530. The Balaban J connectivity index is 3.25. The molecule has 0 bridgehead atoms. The van der Waals surface area contributed by atoms with Crippen molar-refractivity contribution >= 4 is 5.84 Å². The van der Waals surface area contributed by atoms with Crippen LogP contribution in [0.25, 0.3) is 0 Å². The molecule has 0 aromatic rings. The molecule has 0 spiro atoms. The first-order valence-corrected chi connectivity index (χ1v) is 3.81. The van der Waals surface area contributed by atoms with Crippen LogP contribution in [0.4, 0.5) is 0 Å². The molecular weight excluding hydrogens is 124 g/mol. The summed E-state index contributed by atoms with van der Waals surface area (Å²) < 4.78 is 0. The Labute approximate surface area is 63.3 Å². The summed E-state index contributed by atoms with van der Waals surface area (Å²) in [5.41, 5.74) is 5.23. The van der Waals surface area contributed by atoms with Gasteiger partial charge in [-0.25, -0.2) is 0 Å². The van der Waals surface area contributed by atoms with E-state index in [4.69, 9.17) is 11.1 Å². The van der Waals surface area contributed by atoms with Gasteiger partial charge >= 0.3 is 0 Å². The SMILES string of the molecule is CC[CH]CC(C)CC(=N)N. The summed E-state index contributed by atoms with van der Waals surface area (Å²) in [6.07, 6.45) is 5.16. The highest BCUT2D eigenvalue weighted by Gasteiger charge is 2.01. The summed E-state index contributed by atoms with van der Waals surface area (Å²) in [7, 11) is 0. The highest BCUT2D eigenvalue weighted by Crippen LogP contribution is 2.09. The molecule has 0 amide bonds. The number of hydrogen-bond acceptors (Lipinski definition) is 1. The maximum absolute atomic E-state index is 7.02. The van der Waals surface area contributed by atoms with Crippen LogP contribution in [0, 0.1) is 17.7 Å². The first-order valence-electron chi connectivity index (χ1n) is 3.81. The summed E-state index contributed by atoms with van der Waals surface area (Å²) in [5.74, 6) is 0.842. The first kappa shape index (κ1) is 9.47. The van der Waals surface area contributed by atoms with Gasteiger partial charge in [0.05, 0.1) is 5.84 Å². The molecular formula is C8H17N2. The van der Waals surface area contributed by atoms with Crippen LogP contribution in [-0.2, 0) is 0 Å². The maximum Gasteiger partial charge on any atom is 0.0907 e. The molecule has 0 aliphatic rings.